The molecule has 12 heteroatoms. The Kier molecular flexibility index (Phi) is 7.03. The summed E-state index contributed by atoms with van der Waals surface area (Å²) in [5.41, 5.74) is 0.328. The van der Waals surface area contributed by atoms with Gasteiger partial charge in [-0.25, -0.2) is 4.21 Å². The molecule has 3 aromatic rings. The van der Waals surface area contributed by atoms with E-state index >= 15 is 0 Å². The Hall–Kier alpha value is -3.05. The Balaban J connectivity index is 1.88. The summed E-state index contributed by atoms with van der Waals surface area (Å²) in [6.45, 7) is 1.62. The van der Waals surface area contributed by atoms with Crippen molar-refractivity contribution in [2.45, 2.75) is 19.1 Å². The number of hydrogen-bond donors (Lipinski definition) is 1. The van der Waals surface area contributed by atoms with Gasteiger partial charge in [-0.1, -0.05) is 11.6 Å². The van der Waals surface area contributed by atoms with Crippen LogP contribution in [0.4, 0.5) is 18.9 Å². The fourth-order valence-corrected chi connectivity index (χ4v) is 3.78. The second-order valence-electron chi connectivity index (χ2n) is 7.39. The van der Waals surface area contributed by atoms with E-state index in [2.05, 4.69) is 24.6 Å². The first-order valence-corrected chi connectivity index (χ1v) is 12.2. The van der Waals surface area contributed by atoms with Gasteiger partial charge in [0.2, 0.25) is 0 Å². The van der Waals surface area contributed by atoms with Crippen LogP contribution in [0.1, 0.15) is 34.6 Å². The van der Waals surface area contributed by atoms with Crippen LogP contribution >= 0.6 is 11.6 Å². The van der Waals surface area contributed by atoms with Gasteiger partial charge in [0.05, 0.1) is 34.9 Å². The maximum atomic E-state index is 13.1. The van der Waals surface area contributed by atoms with E-state index < -0.39 is 33.4 Å². The molecule has 0 aliphatic rings. The summed E-state index contributed by atoms with van der Waals surface area (Å²) in [4.78, 5) is 25.5. The second kappa shape index (κ2) is 9.44. The highest BCUT2D eigenvalue weighted by Crippen LogP contribution is 2.32. The number of pyridine rings is 1. The summed E-state index contributed by atoms with van der Waals surface area (Å²) in [6.07, 6.45) is 2.68. The summed E-state index contributed by atoms with van der Waals surface area (Å²) in [6, 6.07) is 5.17. The van der Waals surface area contributed by atoms with E-state index in [1.165, 1.54) is 31.1 Å². The van der Waals surface area contributed by atoms with Crippen LogP contribution in [0.3, 0.4) is 0 Å². The molecule has 0 fully saturated rings. The normalized spacial score (nSPS) is 12.8. The smallest absolute Gasteiger partial charge is 0.344 e. The molecular weight excluding hydrogens is 479 g/mol. The molecule has 0 saturated heterocycles. The van der Waals surface area contributed by atoms with Crippen molar-refractivity contribution >= 4 is 32.9 Å². The molecule has 0 saturated carbocycles. The Morgan fingerprint density at radius 1 is 1.12 bits per heavy atom. The molecule has 2 heterocycles. The molecule has 33 heavy (non-hydrogen) atoms. The molecule has 1 aromatic carbocycles. The minimum atomic E-state index is -4.64. The minimum absolute atomic E-state index is 0.208. The number of nitrogens with one attached hydrogen (secondary N) is 1. The number of nitrogens with zero attached hydrogens (tertiary/aromatic N) is 4. The summed E-state index contributed by atoms with van der Waals surface area (Å²) in [5.74, 6) is -0.755. The number of carbonyl (C=O) groups is 1. The van der Waals surface area contributed by atoms with Gasteiger partial charge in [-0.3, -0.25) is 19.7 Å². The number of carbonyl (C=O) groups excluding carboxylic acids is 1. The lowest BCUT2D eigenvalue weighted by Gasteiger charge is -2.17. The highest BCUT2D eigenvalue weighted by atomic mass is 35.5. The first-order valence-electron chi connectivity index (χ1n) is 9.46. The average molecular weight is 498 g/mol. The third-order valence-corrected chi connectivity index (χ3v) is 5.16. The summed E-state index contributed by atoms with van der Waals surface area (Å²) < 4.78 is 55.1. The van der Waals surface area contributed by atoms with Crippen LogP contribution in [0, 0.1) is 0 Å². The van der Waals surface area contributed by atoms with E-state index in [0.29, 0.717) is 22.8 Å². The lowest BCUT2D eigenvalue weighted by Crippen LogP contribution is -2.28. The van der Waals surface area contributed by atoms with Gasteiger partial charge in [0.25, 0.3) is 5.91 Å². The van der Waals surface area contributed by atoms with Crippen LogP contribution in [0.5, 0.6) is 0 Å². The molecule has 0 bridgehead atoms. The Labute approximate surface area is 193 Å². The molecule has 7 nitrogen and oxygen atoms in total. The van der Waals surface area contributed by atoms with Crippen LogP contribution in [0.15, 0.2) is 53.3 Å². The van der Waals surface area contributed by atoms with Crippen LogP contribution < -0.4 is 5.32 Å². The fraction of sp³-hybridized carbons (Fsp3) is 0.238. The zero-order chi connectivity index (χ0) is 24.4. The van der Waals surface area contributed by atoms with E-state index in [1.54, 1.807) is 19.1 Å². The minimum Gasteiger partial charge on any atom is -0.344 e. The predicted molar refractivity (Wildman–Crippen MR) is 120 cm³/mol. The highest BCUT2D eigenvalue weighted by Gasteiger charge is 2.32. The number of alkyl halides is 3. The van der Waals surface area contributed by atoms with Crippen LogP contribution in [-0.4, -0.2) is 37.6 Å². The molecule has 1 amide bonds. The number of amides is 1. The van der Waals surface area contributed by atoms with Crippen molar-refractivity contribution in [3.8, 4) is 11.4 Å². The predicted octanol–water partition coefficient (Wildman–Crippen LogP) is 5.06. The van der Waals surface area contributed by atoms with E-state index in [-0.39, 0.29) is 10.6 Å². The SMILES string of the molecule is C[C@H](NC(=O)c1cc(Cl)cc(C(F)(F)F)c1)c1nccnc1-c1ccc(N=S(C)(C)=O)cn1. The van der Waals surface area contributed by atoms with Gasteiger partial charge in [-0.15, -0.1) is 0 Å². The van der Waals surface area contributed by atoms with Crippen molar-refractivity contribution in [1.29, 1.82) is 0 Å². The van der Waals surface area contributed by atoms with Crippen LogP contribution in [-0.2, 0) is 15.9 Å². The van der Waals surface area contributed by atoms with Gasteiger partial charge in [-0.2, -0.15) is 17.5 Å². The number of aromatic nitrogens is 3. The fourth-order valence-electron chi connectivity index (χ4n) is 2.93. The first-order chi connectivity index (χ1) is 15.3. The molecule has 1 N–H and O–H groups in total. The van der Waals surface area contributed by atoms with Crippen molar-refractivity contribution in [2.75, 3.05) is 12.5 Å². The van der Waals surface area contributed by atoms with Gasteiger partial charge in [0.1, 0.15) is 5.69 Å². The van der Waals surface area contributed by atoms with Crippen molar-refractivity contribution in [3.63, 3.8) is 0 Å². The van der Waals surface area contributed by atoms with Crippen molar-refractivity contribution in [3.05, 3.63) is 70.8 Å². The highest BCUT2D eigenvalue weighted by molar-refractivity contribution is 7.92. The average Bonchev–Trinajstić information content (AvgIpc) is 2.72. The molecule has 2 aromatic heterocycles. The lowest BCUT2D eigenvalue weighted by molar-refractivity contribution is -0.137. The third kappa shape index (κ3) is 6.48. The maximum absolute atomic E-state index is 13.1. The van der Waals surface area contributed by atoms with Crippen LogP contribution in [0.25, 0.3) is 11.4 Å². The standard InChI is InChI=1S/C21H19ClF3N5O2S/c1-12(29-20(31)13-8-14(21(23,24)25)10-15(22)9-13)18-19(27-7-6-26-18)17-5-4-16(11-28-17)30-33(2,3)32/h4-12H,1-3H3,(H,29,31)/t12-/m0/s1. The van der Waals surface area contributed by atoms with E-state index in [1.807, 2.05) is 0 Å². The molecular formula is C21H19ClF3N5O2S. The van der Waals surface area contributed by atoms with E-state index in [4.69, 9.17) is 11.6 Å². The van der Waals surface area contributed by atoms with Gasteiger partial charge in [-0.05, 0) is 37.3 Å². The Morgan fingerprint density at radius 2 is 1.82 bits per heavy atom. The molecule has 0 aliphatic carbocycles. The maximum Gasteiger partial charge on any atom is 0.416 e. The van der Waals surface area contributed by atoms with Gasteiger partial charge in [0, 0.05) is 45.2 Å². The van der Waals surface area contributed by atoms with Crippen molar-refractivity contribution < 1.29 is 22.2 Å². The van der Waals surface area contributed by atoms with Gasteiger partial charge < -0.3 is 5.32 Å². The van der Waals surface area contributed by atoms with Gasteiger partial charge >= 0.3 is 6.18 Å². The third-order valence-electron chi connectivity index (χ3n) is 4.29. The molecule has 0 unspecified atom stereocenters. The number of rotatable bonds is 5. The molecule has 3 rings (SSSR count). The topological polar surface area (TPSA) is 97.2 Å². The summed E-state index contributed by atoms with van der Waals surface area (Å²) in [7, 11) is -2.35. The molecule has 0 aliphatic heterocycles. The zero-order valence-electron chi connectivity index (χ0n) is 17.7. The molecule has 174 valence electrons. The summed E-state index contributed by atoms with van der Waals surface area (Å²) in [5, 5.41) is 2.41. The first kappa shape index (κ1) is 24.6. The quantitative estimate of drug-likeness (QED) is 0.531. The molecule has 0 radical (unpaired) electrons. The largest absolute Gasteiger partial charge is 0.416 e. The number of benzene rings is 1. The van der Waals surface area contributed by atoms with E-state index in [0.717, 1.165) is 18.2 Å². The number of hydrogen-bond acceptors (Lipinski definition) is 6. The van der Waals surface area contributed by atoms with Gasteiger partial charge in [0.15, 0.2) is 0 Å². The van der Waals surface area contributed by atoms with Crippen molar-refractivity contribution in [2.24, 2.45) is 4.36 Å². The Morgan fingerprint density at radius 3 is 2.42 bits per heavy atom. The van der Waals surface area contributed by atoms with Crippen LogP contribution in [0.2, 0.25) is 5.02 Å². The molecule has 1 atom stereocenters. The Bertz CT molecular complexity index is 1300. The zero-order valence-corrected chi connectivity index (χ0v) is 19.3. The van der Waals surface area contributed by atoms with Crippen molar-refractivity contribution in [1.82, 2.24) is 20.3 Å². The lowest BCUT2D eigenvalue weighted by atomic mass is 10.1. The summed E-state index contributed by atoms with van der Waals surface area (Å²) >= 11 is 5.78. The van der Waals surface area contributed by atoms with E-state index in [9.17, 15) is 22.2 Å². The second-order valence-corrected chi connectivity index (χ2v) is 10.4. The molecule has 0 spiro atoms. The monoisotopic (exact) mass is 497 g/mol. The number of halogens is 4.